The minimum atomic E-state index is -0.0481. The molecule has 0 saturated carbocycles. The maximum atomic E-state index is 11.6. The molecule has 1 amide bonds. The van der Waals surface area contributed by atoms with Gasteiger partial charge in [0.15, 0.2) is 0 Å². The number of carbonyl (C=O) groups excluding carboxylic acids is 1. The van der Waals surface area contributed by atoms with Crippen molar-refractivity contribution in [2.24, 2.45) is 0 Å². The summed E-state index contributed by atoms with van der Waals surface area (Å²) in [4.78, 5) is 11.6. The number of benzene rings is 1. The highest BCUT2D eigenvalue weighted by Gasteiger charge is 2.14. The van der Waals surface area contributed by atoms with E-state index in [1.165, 1.54) is 0 Å². The molecule has 1 aromatic rings. The summed E-state index contributed by atoms with van der Waals surface area (Å²) >= 11 is 0. The van der Waals surface area contributed by atoms with Crippen LogP contribution in [-0.2, 0) is 14.3 Å². The van der Waals surface area contributed by atoms with Crippen molar-refractivity contribution in [1.29, 1.82) is 0 Å². The average Bonchev–Trinajstić information content (AvgIpc) is 2.45. The van der Waals surface area contributed by atoms with Gasteiger partial charge < -0.3 is 20.1 Å². The summed E-state index contributed by atoms with van der Waals surface area (Å²) in [6, 6.07) is 9.63. The molecule has 2 N–H and O–H groups in total. The van der Waals surface area contributed by atoms with Gasteiger partial charge in [-0.1, -0.05) is 18.2 Å². The van der Waals surface area contributed by atoms with E-state index in [1.807, 2.05) is 30.3 Å². The Morgan fingerprint density at radius 1 is 1.26 bits per heavy atom. The molecule has 5 nitrogen and oxygen atoms in total. The van der Waals surface area contributed by atoms with Crippen LogP contribution >= 0.6 is 12.4 Å². The van der Waals surface area contributed by atoms with Crippen LogP contribution < -0.4 is 10.6 Å². The van der Waals surface area contributed by atoms with Crippen LogP contribution in [0.5, 0.6) is 0 Å². The molecule has 1 aliphatic rings. The Balaban J connectivity index is 0.00000180. The van der Waals surface area contributed by atoms with E-state index in [0.717, 1.165) is 5.69 Å². The molecular weight excluding hydrogens is 268 g/mol. The number of rotatable bonds is 5. The molecule has 6 heteroatoms. The molecule has 0 spiro atoms. The number of anilines is 1. The molecule has 1 fully saturated rings. The number of para-hydroxylation sites is 1. The van der Waals surface area contributed by atoms with Gasteiger partial charge in [-0.3, -0.25) is 4.79 Å². The fraction of sp³-hybridized carbons (Fsp3) is 0.462. The molecular formula is C13H19ClN2O3. The smallest absolute Gasteiger partial charge is 0.239 e. The van der Waals surface area contributed by atoms with Crippen LogP contribution in [0.15, 0.2) is 30.3 Å². The zero-order chi connectivity index (χ0) is 12.6. The van der Waals surface area contributed by atoms with Gasteiger partial charge in [-0.2, -0.15) is 0 Å². The molecule has 1 heterocycles. The first-order valence-corrected chi connectivity index (χ1v) is 6.09. The minimum absolute atomic E-state index is 0. The fourth-order valence-corrected chi connectivity index (χ4v) is 1.68. The van der Waals surface area contributed by atoms with Crippen molar-refractivity contribution in [3.05, 3.63) is 30.3 Å². The van der Waals surface area contributed by atoms with E-state index in [9.17, 15) is 4.79 Å². The Bertz CT molecular complexity index is 369. The lowest BCUT2D eigenvalue weighted by atomic mass is 10.3. The largest absolute Gasteiger partial charge is 0.376 e. The number of nitrogens with one attached hydrogen (secondary N) is 2. The molecule has 2 rings (SSSR count). The van der Waals surface area contributed by atoms with Gasteiger partial charge in [0.1, 0.15) is 0 Å². The van der Waals surface area contributed by atoms with Crippen molar-refractivity contribution in [1.82, 2.24) is 5.32 Å². The summed E-state index contributed by atoms with van der Waals surface area (Å²) in [6.07, 6.45) is -0.0283. The second kappa shape index (κ2) is 8.74. The molecule has 1 aromatic carbocycles. The van der Waals surface area contributed by atoms with E-state index < -0.39 is 0 Å². The first kappa shape index (κ1) is 15.8. The molecule has 0 bridgehead atoms. The Labute approximate surface area is 119 Å². The van der Waals surface area contributed by atoms with Crippen LogP contribution in [0.2, 0.25) is 0 Å². The van der Waals surface area contributed by atoms with Gasteiger partial charge in [0, 0.05) is 12.2 Å². The molecule has 1 atom stereocenters. The summed E-state index contributed by atoms with van der Waals surface area (Å²) in [7, 11) is 0. The lowest BCUT2D eigenvalue weighted by Gasteiger charge is -2.23. The molecule has 19 heavy (non-hydrogen) atoms. The molecule has 1 unspecified atom stereocenters. The third-order valence-electron chi connectivity index (χ3n) is 2.64. The molecule has 1 saturated heterocycles. The first-order chi connectivity index (χ1) is 8.84. The number of carbonyl (C=O) groups is 1. The number of ether oxygens (including phenoxy) is 2. The zero-order valence-corrected chi connectivity index (χ0v) is 11.4. The molecule has 106 valence electrons. The lowest BCUT2D eigenvalue weighted by molar-refractivity contribution is -0.122. The van der Waals surface area contributed by atoms with Gasteiger partial charge >= 0.3 is 0 Å². The zero-order valence-electron chi connectivity index (χ0n) is 10.6. The van der Waals surface area contributed by atoms with Crippen molar-refractivity contribution in [3.63, 3.8) is 0 Å². The van der Waals surface area contributed by atoms with Crippen LogP contribution in [-0.4, -0.2) is 44.9 Å². The highest BCUT2D eigenvalue weighted by Crippen LogP contribution is 2.03. The van der Waals surface area contributed by atoms with Crippen LogP contribution in [0, 0.1) is 0 Å². The summed E-state index contributed by atoms with van der Waals surface area (Å²) in [5.74, 6) is -0.0481. The summed E-state index contributed by atoms with van der Waals surface area (Å²) in [5, 5.41) is 5.86. The normalized spacial score (nSPS) is 18.2. The second-order valence-electron chi connectivity index (χ2n) is 4.09. The van der Waals surface area contributed by atoms with Crippen LogP contribution in [0.1, 0.15) is 0 Å². The molecule has 0 aliphatic carbocycles. The Morgan fingerprint density at radius 3 is 2.74 bits per heavy atom. The second-order valence-corrected chi connectivity index (χ2v) is 4.09. The van der Waals surface area contributed by atoms with Crippen LogP contribution in [0.4, 0.5) is 5.69 Å². The predicted octanol–water partition coefficient (Wildman–Crippen LogP) is 1.05. The molecule has 1 aliphatic heterocycles. The third kappa shape index (κ3) is 5.92. The van der Waals surface area contributed by atoms with Crippen molar-refractivity contribution in [2.45, 2.75) is 6.10 Å². The van der Waals surface area contributed by atoms with E-state index in [2.05, 4.69) is 10.6 Å². The highest BCUT2D eigenvalue weighted by atomic mass is 35.5. The molecule has 0 radical (unpaired) electrons. The van der Waals surface area contributed by atoms with Crippen molar-refractivity contribution >= 4 is 24.0 Å². The SMILES string of the molecule is Cl.O=C(CNc1ccccc1)NCC1COCCO1. The van der Waals surface area contributed by atoms with E-state index in [-0.39, 0.29) is 31.0 Å². The predicted molar refractivity (Wildman–Crippen MR) is 75.7 cm³/mol. The summed E-state index contributed by atoms with van der Waals surface area (Å²) in [5.41, 5.74) is 0.935. The number of hydrogen-bond donors (Lipinski definition) is 2. The van der Waals surface area contributed by atoms with Gasteiger partial charge in [0.2, 0.25) is 5.91 Å². The van der Waals surface area contributed by atoms with Crippen LogP contribution in [0.3, 0.4) is 0 Å². The maximum absolute atomic E-state index is 11.6. The molecule has 0 aromatic heterocycles. The Kier molecular flexibility index (Phi) is 7.25. The average molecular weight is 287 g/mol. The van der Waals surface area contributed by atoms with E-state index in [0.29, 0.717) is 26.4 Å². The maximum Gasteiger partial charge on any atom is 0.239 e. The van der Waals surface area contributed by atoms with E-state index >= 15 is 0 Å². The quantitative estimate of drug-likeness (QED) is 0.849. The van der Waals surface area contributed by atoms with Crippen molar-refractivity contribution < 1.29 is 14.3 Å². The minimum Gasteiger partial charge on any atom is -0.376 e. The van der Waals surface area contributed by atoms with E-state index in [4.69, 9.17) is 9.47 Å². The number of hydrogen-bond acceptors (Lipinski definition) is 4. The first-order valence-electron chi connectivity index (χ1n) is 6.09. The number of amides is 1. The summed E-state index contributed by atoms with van der Waals surface area (Å²) < 4.78 is 10.7. The van der Waals surface area contributed by atoms with Gasteiger partial charge in [0.05, 0.1) is 32.5 Å². The monoisotopic (exact) mass is 286 g/mol. The third-order valence-corrected chi connectivity index (χ3v) is 2.64. The topological polar surface area (TPSA) is 59.6 Å². The van der Waals surface area contributed by atoms with Gasteiger partial charge in [-0.05, 0) is 12.1 Å². The highest BCUT2D eigenvalue weighted by molar-refractivity contribution is 5.85. The van der Waals surface area contributed by atoms with Crippen molar-refractivity contribution in [2.75, 3.05) is 38.2 Å². The summed E-state index contributed by atoms with van der Waals surface area (Å²) in [6.45, 7) is 2.54. The van der Waals surface area contributed by atoms with Gasteiger partial charge in [-0.15, -0.1) is 12.4 Å². The van der Waals surface area contributed by atoms with E-state index in [1.54, 1.807) is 0 Å². The Morgan fingerprint density at radius 2 is 2.05 bits per heavy atom. The van der Waals surface area contributed by atoms with Crippen molar-refractivity contribution in [3.8, 4) is 0 Å². The fourth-order valence-electron chi connectivity index (χ4n) is 1.68. The van der Waals surface area contributed by atoms with Crippen LogP contribution in [0.25, 0.3) is 0 Å². The standard InChI is InChI=1S/C13H18N2O3.ClH/c16-13(9-14-11-4-2-1-3-5-11)15-8-12-10-17-6-7-18-12;/h1-5,12,14H,6-10H2,(H,15,16);1H. The lowest BCUT2D eigenvalue weighted by Crippen LogP contribution is -2.41. The van der Waals surface area contributed by atoms with Gasteiger partial charge in [0.25, 0.3) is 0 Å². The van der Waals surface area contributed by atoms with Gasteiger partial charge in [-0.25, -0.2) is 0 Å². The Hall–Kier alpha value is -1.30. The number of halogens is 1.